The zero-order chi connectivity index (χ0) is 18.6. The van der Waals surface area contributed by atoms with Gasteiger partial charge < -0.3 is 15.8 Å². The molecule has 0 aliphatic heterocycles. The largest absolute Gasteiger partial charge is 0.481 e. The first-order chi connectivity index (χ1) is 11.8. The lowest BCUT2D eigenvalue weighted by molar-refractivity contribution is -0.122. The van der Waals surface area contributed by atoms with Crippen molar-refractivity contribution in [3.63, 3.8) is 0 Å². The Morgan fingerprint density at radius 3 is 2.24 bits per heavy atom. The summed E-state index contributed by atoms with van der Waals surface area (Å²) in [4.78, 5) is 23.4. The van der Waals surface area contributed by atoms with Crippen molar-refractivity contribution < 1.29 is 14.3 Å². The molecule has 0 heterocycles. The summed E-state index contributed by atoms with van der Waals surface area (Å²) in [5.74, 6) is 0.257. The highest BCUT2D eigenvalue weighted by atomic mass is 16.5. The summed E-state index contributed by atoms with van der Waals surface area (Å²) in [7, 11) is 0. The average Bonchev–Trinajstić information content (AvgIpc) is 2.55. The van der Waals surface area contributed by atoms with Gasteiger partial charge in [0.25, 0.3) is 5.91 Å². The molecule has 3 N–H and O–H groups in total. The van der Waals surface area contributed by atoms with Gasteiger partial charge in [0.1, 0.15) is 5.75 Å². The second-order valence-electron chi connectivity index (χ2n) is 6.39. The van der Waals surface area contributed by atoms with Crippen LogP contribution in [0.25, 0.3) is 0 Å². The summed E-state index contributed by atoms with van der Waals surface area (Å²) in [6.07, 6.45) is -0.657. The molecule has 0 spiro atoms. The van der Waals surface area contributed by atoms with Gasteiger partial charge in [-0.1, -0.05) is 26.0 Å². The molecule has 0 fully saturated rings. The maximum Gasteiger partial charge on any atom is 0.265 e. The third-order valence-corrected chi connectivity index (χ3v) is 3.90. The summed E-state index contributed by atoms with van der Waals surface area (Å²) < 4.78 is 5.90. The number of nitrogens with two attached hydrogens (primary N) is 1. The molecule has 0 saturated carbocycles. The molecule has 0 saturated heterocycles. The smallest absolute Gasteiger partial charge is 0.265 e. The van der Waals surface area contributed by atoms with Crippen LogP contribution in [0.15, 0.2) is 42.5 Å². The van der Waals surface area contributed by atoms with Gasteiger partial charge in [-0.05, 0) is 61.2 Å². The molecule has 25 heavy (non-hydrogen) atoms. The highest BCUT2D eigenvalue weighted by molar-refractivity contribution is 5.96. The van der Waals surface area contributed by atoms with Crippen molar-refractivity contribution in [2.75, 3.05) is 5.32 Å². The van der Waals surface area contributed by atoms with Crippen LogP contribution in [-0.2, 0) is 4.79 Å². The van der Waals surface area contributed by atoms with Crippen LogP contribution in [0.4, 0.5) is 5.69 Å². The van der Waals surface area contributed by atoms with Crippen LogP contribution >= 0.6 is 0 Å². The lowest BCUT2D eigenvalue weighted by atomic mass is 10.0. The number of carbonyl (C=O) groups excluding carboxylic acids is 2. The van der Waals surface area contributed by atoms with E-state index in [9.17, 15) is 9.59 Å². The lowest BCUT2D eigenvalue weighted by Crippen LogP contribution is -2.30. The van der Waals surface area contributed by atoms with Gasteiger partial charge >= 0.3 is 0 Å². The number of primary amides is 1. The first-order valence-electron chi connectivity index (χ1n) is 8.26. The maximum atomic E-state index is 12.4. The fraction of sp³-hybridized carbons (Fsp3) is 0.300. The van der Waals surface area contributed by atoms with E-state index < -0.39 is 12.0 Å². The van der Waals surface area contributed by atoms with Crippen LogP contribution in [0.2, 0.25) is 0 Å². The number of hydrogen-bond acceptors (Lipinski definition) is 3. The number of rotatable bonds is 6. The predicted molar refractivity (Wildman–Crippen MR) is 98.9 cm³/mol. The number of aryl methyl sites for hydroxylation is 1. The summed E-state index contributed by atoms with van der Waals surface area (Å²) in [5.41, 5.74) is 8.32. The first kappa shape index (κ1) is 18.5. The van der Waals surface area contributed by atoms with Gasteiger partial charge in [-0.2, -0.15) is 0 Å². The fourth-order valence-electron chi connectivity index (χ4n) is 2.43. The molecule has 2 aromatic carbocycles. The third kappa shape index (κ3) is 4.83. The second-order valence-corrected chi connectivity index (χ2v) is 6.39. The lowest BCUT2D eigenvalue weighted by Gasteiger charge is -2.19. The van der Waals surface area contributed by atoms with Crippen LogP contribution in [0.3, 0.4) is 0 Å². The predicted octanol–water partition coefficient (Wildman–Crippen LogP) is 3.62. The van der Waals surface area contributed by atoms with Gasteiger partial charge in [0.15, 0.2) is 6.10 Å². The molecule has 0 bridgehead atoms. The van der Waals surface area contributed by atoms with Gasteiger partial charge in [0.05, 0.1) is 0 Å². The Hall–Kier alpha value is -2.82. The van der Waals surface area contributed by atoms with Crippen LogP contribution < -0.4 is 15.8 Å². The van der Waals surface area contributed by atoms with Crippen molar-refractivity contribution in [3.05, 3.63) is 59.2 Å². The fourth-order valence-corrected chi connectivity index (χ4v) is 2.43. The Bertz CT molecular complexity index is 767. The zero-order valence-electron chi connectivity index (χ0n) is 15.0. The number of hydrogen-bond donors (Lipinski definition) is 2. The zero-order valence-corrected chi connectivity index (χ0v) is 15.0. The molecular weight excluding hydrogens is 316 g/mol. The minimum atomic E-state index is -0.657. The number of ether oxygens (including phenoxy) is 1. The molecule has 2 aromatic rings. The standard InChI is InChI=1S/C20H24N2O3/c1-12(2)17-10-5-13(3)11-18(17)25-14(4)20(24)22-16-8-6-15(7-9-16)19(21)23/h5-12,14H,1-4H3,(H2,21,23)(H,22,24)/t14-/m0/s1. The van der Waals surface area contributed by atoms with E-state index in [2.05, 4.69) is 19.2 Å². The maximum absolute atomic E-state index is 12.4. The van der Waals surface area contributed by atoms with Gasteiger partial charge in [-0.15, -0.1) is 0 Å². The quantitative estimate of drug-likeness (QED) is 0.842. The SMILES string of the molecule is Cc1ccc(C(C)C)c(O[C@@H](C)C(=O)Nc2ccc(C(N)=O)cc2)c1. The molecule has 0 aliphatic rings. The van der Waals surface area contributed by atoms with Gasteiger partial charge in [0, 0.05) is 11.3 Å². The van der Waals surface area contributed by atoms with Gasteiger partial charge in [-0.3, -0.25) is 9.59 Å². The number of benzene rings is 2. The van der Waals surface area contributed by atoms with Crippen molar-refractivity contribution in [2.24, 2.45) is 5.73 Å². The van der Waals surface area contributed by atoms with Gasteiger partial charge in [0.2, 0.25) is 5.91 Å². The average molecular weight is 340 g/mol. The Balaban J connectivity index is 2.08. The van der Waals surface area contributed by atoms with Crippen molar-refractivity contribution in [1.29, 1.82) is 0 Å². The van der Waals surface area contributed by atoms with E-state index >= 15 is 0 Å². The van der Waals surface area contributed by atoms with Crippen LogP contribution in [0.1, 0.15) is 48.2 Å². The Morgan fingerprint density at radius 2 is 1.68 bits per heavy atom. The number of anilines is 1. The monoisotopic (exact) mass is 340 g/mol. The van der Waals surface area contributed by atoms with E-state index in [0.717, 1.165) is 16.9 Å². The highest BCUT2D eigenvalue weighted by Crippen LogP contribution is 2.28. The first-order valence-corrected chi connectivity index (χ1v) is 8.26. The van der Waals surface area contributed by atoms with E-state index in [0.29, 0.717) is 17.2 Å². The molecule has 2 amide bonds. The second kappa shape index (κ2) is 7.83. The molecule has 1 atom stereocenters. The van der Waals surface area contributed by atoms with Crippen LogP contribution in [-0.4, -0.2) is 17.9 Å². The highest BCUT2D eigenvalue weighted by Gasteiger charge is 2.18. The Kier molecular flexibility index (Phi) is 5.80. The normalized spacial score (nSPS) is 11.9. The molecule has 0 aromatic heterocycles. The Labute approximate surface area is 148 Å². The van der Waals surface area contributed by atoms with E-state index in [4.69, 9.17) is 10.5 Å². The molecule has 0 radical (unpaired) electrons. The summed E-state index contributed by atoms with van der Waals surface area (Å²) in [6, 6.07) is 12.4. The molecule has 0 unspecified atom stereocenters. The third-order valence-electron chi connectivity index (χ3n) is 3.90. The molecule has 5 nitrogen and oxygen atoms in total. The molecule has 5 heteroatoms. The van der Waals surface area contributed by atoms with E-state index in [1.165, 1.54) is 0 Å². The summed E-state index contributed by atoms with van der Waals surface area (Å²) in [6.45, 7) is 7.87. The van der Waals surface area contributed by atoms with Crippen LogP contribution in [0.5, 0.6) is 5.75 Å². The number of nitrogens with one attached hydrogen (secondary N) is 1. The minimum Gasteiger partial charge on any atom is -0.481 e. The molecule has 132 valence electrons. The van der Waals surface area contributed by atoms with E-state index in [1.807, 2.05) is 25.1 Å². The minimum absolute atomic E-state index is 0.261. The summed E-state index contributed by atoms with van der Waals surface area (Å²) in [5, 5.41) is 2.78. The molecular formula is C20H24N2O3. The Morgan fingerprint density at radius 1 is 1.04 bits per heavy atom. The van der Waals surface area contributed by atoms with Crippen molar-refractivity contribution in [1.82, 2.24) is 0 Å². The van der Waals surface area contributed by atoms with E-state index in [-0.39, 0.29) is 5.91 Å². The molecule has 2 rings (SSSR count). The van der Waals surface area contributed by atoms with Crippen molar-refractivity contribution in [2.45, 2.75) is 39.7 Å². The van der Waals surface area contributed by atoms with Crippen LogP contribution in [0, 0.1) is 6.92 Å². The van der Waals surface area contributed by atoms with Gasteiger partial charge in [-0.25, -0.2) is 0 Å². The topological polar surface area (TPSA) is 81.4 Å². The van der Waals surface area contributed by atoms with Crippen molar-refractivity contribution >= 4 is 17.5 Å². The summed E-state index contributed by atoms with van der Waals surface area (Å²) >= 11 is 0. The molecule has 0 aliphatic carbocycles. The number of carbonyl (C=O) groups is 2. The van der Waals surface area contributed by atoms with Crippen molar-refractivity contribution in [3.8, 4) is 5.75 Å². The van der Waals surface area contributed by atoms with E-state index in [1.54, 1.807) is 31.2 Å². The number of amides is 2.